The Morgan fingerprint density at radius 2 is 1.86 bits per heavy atom. The first-order valence-corrected chi connectivity index (χ1v) is 9.79. The second-order valence-electron chi connectivity index (χ2n) is 6.18. The van der Waals surface area contributed by atoms with Crippen molar-refractivity contribution in [2.45, 2.75) is 12.6 Å². The lowest BCUT2D eigenvalue weighted by Gasteiger charge is -2.16. The average Bonchev–Trinajstić information content (AvgIpc) is 3.25. The summed E-state index contributed by atoms with van der Waals surface area (Å²) in [6.07, 6.45) is -0.905. The van der Waals surface area contributed by atoms with Gasteiger partial charge in [0.25, 0.3) is 0 Å². The number of nitrogens with zero attached hydrogens (tertiary/aromatic N) is 1. The van der Waals surface area contributed by atoms with E-state index >= 15 is 0 Å². The van der Waals surface area contributed by atoms with Crippen molar-refractivity contribution in [2.75, 3.05) is 18.5 Å². The second kappa shape index (κ2) is 9.89. The predicted octanol–water partition coefficient (Wildman–Crippen LogP) is 3.03. The van der Waals surface area contributed by atoms with Gasteiger partial charge >= 0.3 is 0 Å². The van der Waals surface area contributed by atoms with Crippen molar-refractivity contribution in [3.63, 3.8) is 0 Å². The van der Waals surface area contributed by atoms with E-state index in [1.165, 1.54) is 0 Å². The van der Waals surface area contributed by atoms with E-state index in [-0.39, 0.29) is 18.9 Å². The third-order valence-electron chi connectivity index (χ3n) is 4.05. The lowest BCUT2D eigenvalue weighted by Crippen LogP contribution is -2.38. The molecule has 0 radical (unpaired) electrons. The zero-order chi connectivity index (χ0) is 19.8. The second-order valence-corrected chi connectivity index (χ2v) is 7.22. The minimum Gasteiger partial charge on any atom is -0.506 e. The fraction of sp³-hybridized carbons (Fsp3) is 0.190. The van der Waals surface area contributed by atoms with Crippen molar-refractivity contribution in [1.82, 2.24) is 5.32 Å². The molecule has 6 nitrogen and oxygen atoms in total. The van der Waals surface area contributed by atoms with Gasteiger partial charge in [-0.2, -0.15) is 0 Å². The number of aliphatic hydroxyl groups excluding tert-OH is 2. The summed E-state index contributed by atoms with van der Waals surface area (Å²) in [7, 11) is 0. The maximum atomic E-state index is 10.3. The summed E-state index contributed by atoms with van der Waals surface area (Å²) < 4.78 is 0. The summed E-state index contributed by atoms with van der Waals surface area (Å²) in [6, 6.07) is 19.1. The van der Waals surface area contributed by atoms with Crippen LogP contribution in [0, 0.1) is 0 Å². The highest BCUT2D eigenvalue weighted by molar-refractivity contribution is 7.09. The monoisotopic (exact) mass is 397 g/mol. The fourth-order valence-corrected chi connectivity index (χ4v) is 3.18. The number of aliphatic imine (C=N–C) groups is 1. The van der Waals surface area contributed by atoms with Crippen molar-refractivity contribution in [2.24, 2.45) is 4.99 Å². The maximum Gasteiger partial charge on any atom is 0.196 e. The quantitative estimate of drug-likeness (QED) is 0.240. The molecule has 5 N–H and O–H groups in total. The number of rotatable bonds is 7. The molecular weight excluding hydrogens is 374 g/mol. The van der Waals surface area contributed by atoms with Crippen molar-refractivity contribution < 1.29 is 15.3 Å². The Morgan fingerprint density at radius 1 is 1.04 bits per heavy atom. The van der Waals surface area contributed by atoms with Crippen LogP contribution < -0.4 is 10.6 Å². The minimum absolute atomic E-state index is 0.0908. The number of hydrogen-bond acceptors (Lipinski definition) is 5. The Balaban J connectivity index is 1.81. The molecule has 3 rings (SSSR count). The third-order valence-corrected chi connectivity index (χ3v) is 4.91. The van der Waals surface area contributed by atoms with E-state index in [4.69, 9.17) is 5.11 Å². The fourth-order valence-electron chi connectivity index (χ4n) is 2.55. The van der Waals surface area contributed by atoms with Crippen molar-refractivity contribution in [1.29, 1.82) is 0 Å². The Bertz CT molecular complexity index is 899. The largest absolute Gasteiger partial charge is 0.506 e. The van der Waals surface area contributed by atoms with E-state index in [0.29, 0.717) is 18.2 Å². The highest BCUT2D eigenvalue weighted by Crippen LogP contribution is 2.29. The number of aliphatic hydroxyl groups is 2. The van der Waals surface area contributed by atoms with Crippen LogP contribution in [-0.4, -0.2) is 40.5 Å². The first-order chi connectivity index (χ1) is 13.7. The van der Waals surface area contributed by atoms with Crippen molar-refractivity contribution in [3.05, 3.63) is 70.9 Å². The number of aromatic hydroxyl groups is 1. The smallest absolute Gasteiger partial charge is 0.196 e. The normalized spacial score (nSPS) is 12.6. The maximum absolute atomic E-state index is 10.3. The molecule has 7 heteroatoms. The highest BCUT2D eigenvalue weighted by Gasteiger charge is 2.09. The molecule has 0 saturated heterocycles. The van der Waals surface area contributed by atoms with E-state index in [1.54, 1.807) is 17.4 Å². The van der Waals surface area contributed by atoms with Gasteiger partial charge in [0, 0.05) is 11.4 Å². The van der Waals surface area contributed by atoms with E-state index < -0.39 is 6.10 Å². The summed E-state index contributed by atoms with van der Waals surface area (Å²) in [6.45, 7) is 0.243. The molecule has 1 aromatic heterocycles. The van der Waals surface area contributed by atoms with E-state index in [9.17, 15) is 10.2 Å². The van der Waals surface area contributed by atoms with Crippen LogP contribution in [0.1, 0.15) is 4.88 Å². The molecule has 0 aliphatic heterocycles. The van der Waals surface area contributed by atoms with Crippen molar-refractivity contribution >= 4 is 23.0 Å². The topological polar surface area (TPSA) is 97.1 Å². The van der Waals surface area contributed by atoms with E-state index in [2.05, 4.69) is 15.6 Å². The number of hydrogen-bond donors (Lipinski definition) is 5. The van der Waals surface area contributed by atoms with Crippen LogP contribution in [0.25, 0.3) is 11.1 Å². The lowest BCUT2D eigenvalue weighted by molar-refractivity contribution is 0.0982. The predicted molar refractivity (Wildman–Crippen MR) is 114 cm³/mol. The van der Waals surface area contributed by atoms with Crippen LogP contribution in [0.4, 0.5) is 5.69 Å². The van der Waals surface area contributed by atoms with Gasteiger partial charge in [-0.05, 0) is 34.7 Å². The Hall–Kier alpha value is -2.87. The zero-order valence-corrected chi connectivity index (χ0v) is 16.1. The molecule has 1 unspecified atom stereocenters. The van der Waals surface area contributed by atoms with Crippen LogP contribution in [0.3, 0.4) is 0 Å². The van der Waals surface area contributed by atoms with Gasteiger partial charge in [0.05, 0.1) is 24.9 Å². The third kappa shape index (κ3) is 5.56. The molecule has 0 bridgehead atoms. The number of benzene rings is 2. The summed E-state index contributed by atoms with van der Waals surface area (Å²) in [5.74, 6) is 0.495. The number of anilines is 1. The first kappa shape index (κ1) is 19.9. The molecule has 0 fully saturated rings. The van der Waals surface area contributed by atoms with Crippen LogP contribution in [0.2, 0.25) is 0 Å². The van der Waals surface area contributed by atoms with Gasteiger partial charge in [-0.3, -0.25) is 0 Å². The molecule has 0 aliphatic rings. The summed E-state index contributed by atoms with van der Waals surface area (Å²) in [4.78, 5) is 5.60. The molecule has 3 aromatic rings. The Labute approximate surface area is 167 Å². The first-order valence-electron chi connectivity index (χ1n) is 8.91. The van der Waals surface area contributed by atoms with Gasteiger partial charge in [0.2, 0.25) is 0 Å². The van der Waals surface area contributed by atoms with Crippen LogP contribution in [-0.2, 0) is 6.54 Å². The minimum atomic E-state index is -0.905. The van der Waals surface area contributed by atoms with Gasteiger partial charge in [-0.1, -0.05) is 42.5 Å². The van der Waals surface area contributed by atoms with E-state index in [1.807, 2.05) is 60.0 Å². The molecule has 1 atom stereocenters. The zero-order valence-electron chi connectivity index (χ0n) is 15.2. The van der Waals surface area contributed by atoms with Crippen LogP contribution in [0.5, 0.6) is 5.75 Å². The van der Waals surface area contributed by atoms with Crippen molar-refractivity contribution in [3.8, 4) is 16.9 Å². The molecule has 0 saturated carbocycles. The average molecular weight is 398 g/mol. The molecule has 1 heterocycles. The summed E-state index contributed by atoms with van der Waals surface area (Å²) in [5.41, 5.74) is 2.48. The molecule has 0 spiro atoms. The molecular formula is C21H23N3O3S. The van der Waals surface area contributed by atoms with Crippen LogP contribution >= 0.6 is 11.3 Å². The summed E-state index contributed by atoms with van der Waals surface area (Å²) >= 11 is 1.60. The number of phenols is 1. The SMILES string of the molecule is OCC(O)CNC(=NCc1cccs1)Nc1cc(-c2ccccc2)ccc1O. The molecule has 0 amide bonds. The molecule has 0 aliphatic carbocycles. The number of nitrogens with one attached hydrogen (secondary N) is 2. The van der Waals surface area contributed by atoms with Gasteiger partial charge in [0.1, 0.15) is 5.75 Å². The molecule has 2 aromatic carbocycles. The Morgan fingerprint density at radius 3 is 2.57 bits per heavy atom. The van der Waals surface area contributed by atoms with Gasteiger partial charge in [0.15, 0.2) is 5.96 Å². The lowest BCUT2D eigenvalue weighted by atomic mass is 10.0. The number of guanidine groups is 1. The van der Waals surface area contributed by atoms with Gasteiger partial charge in [-0.15, -0.1) is 11.3 Å². The Kier molecular flexibility index (Phi) is 7.02. The molecule has 28 heavy (non-hydrogen) atoms. The van der Waals surface area contributed by atoms with Crippen LogP contribution in [0.15, 0.2) is 71.0 Å². The number of phenolic OH excluding ortho intramolecular Hbond substituents is 1. The van der Waals surface area contributed by atoms with Gasteiger partial charge < -0.3 is 26.0 Å². The van der Waals surface area contributed by atoms with Gasteiger partial charge in [-0.25, -0.2) is 4.99 Å². The van der Waals surface area contributed by atoms with E-state index in [0.717, 1.165) is 16.0 Å². The standard InChI is InChI=1S/C21H23N3O3S/c25-14-17(26)12-22-21(23-13-18-7-4-10-28-18)24-19-11-16(8-9-20(19)27)15-5-2-1-3-6-15/h1-11,17,25-27H,12-14H2,(H2,22,23,24). The molecule has 146 valence electrons. The number of thiophene rings is 1. The highest BCUT2D eigenvalue weighted by atomic mass is 32.1. The summed E-state index contributed by atoms with van der Waals surface area (Å²) in [5, 5.41) is 37.0.